The zero-order valence-electron chi connectivity index (χ0n) is 13.9. The first-order valence-electron chi connectivity index (χ1n) is 7.45. The maximum Gasteiger partial charge on any atom is 0.190 e. The molecular weight excluding hydrogens is 302 g/mol. The Kier molecular flexibility index (Phi) is 7.37. The lowest BCUT2D eigenvalue weighted by atomic mass is 10.4. The minimum atomic E-state index is -2.89. The number of nitrogens with zero attached hydrogens (tertiary/aromatic N) is 3. The average Bonchev–Trinajstić information content (AvgIpc) is 2.74. The number of aryl methyl sites for hydroxylation is 3. The number of aromatic nitrogens is 2. The Balaban J connectivity index is 2.20. The monoisotopic (exact) mass is 329 g/mol. The summed E-state index contributed by atoms with van der Waals surface area (Å²) in [5.41, 5.74) is 2.20. The first-order chi connectivity index (χ1) is 10.3. The van der Waals surface area contributed by atoms with Gasteiger partial charge in [0.25, 0.3) is 0 Å². The maximum absolute atomic E-state index is 11.0. The average molecular weight is 329 g/mol. The van der Waals surface area contributed by atoms with E-state index in [-0.39, 0.29) is 5.75 Å². The van der Waals surface area contributed by atoms with Crippen molar-refractivity contribution in [1.29, 1.82) is 0 Å². The highest BCUT2D eigenvalue weighted by molar-refractivity contribution is 7.90. The van der Waals surface area contributed by atoms with Crippen LogP contribution in [-0.2, 0) is 16.4 Å². The van der Waals surface area contributed by atoms with Crippen LogP contribution in [-0.4, -0.2) is 56.3 Å². The number of guanidine groups is 1. The van der Waals surface area contributed by atoms with Crippen LogP contribution in [0.2, 0.25) is 0 Å². The normalized spacial score (nSPS) is 12.5. The molecule has 0 aliphatic carbocycles. The Morgan fingerprint density at radius 1 is 1.27 bits per heavy atom. The van der Waals surface area contributed by atoms with Crippen molar-refractivity contribution in [2.24, 2.45) is 4.99 Å². The van der Waals surface area contributed by atoms with Crippen LogP contribution in [0.3, 0.4) is 0 Å². The van der Waals surface area contributed by atoms with Gasteiger partial charge in [-0.25, -0.2) is 8.42 Å². The number of hydrogen-bond acceptors (Lipinski definition) is 4. The molecule has 0 atom stereocenters. The van der Waals surface area contributed by atoms with E-state index in [9.17, 15) is 8.42 Å². The Hall–Kier alpha value is -1.57. The quantitative estimate of drug-likeness (QED) is 0.412. The number of aliphatic imine (C=N–C) groups is 1. The van der Waals surface area contributed by atoms with Crippen LogP contribution in [0.15, 0.2) is 11.1 Å². The third-order valence-corrected chi connectivity index (χ3v) is 4.18. The molecule has 0 unspecified atom stereocenters. The van der Waals surface area contributed by atoms with Crippen LogP contribution in [0.25, 0.3) is 0 Å². The molecule has 0 bridgehead atoms. The molecule has 126 valence electrons. The molecule has 0 saturated carbocycles. The molecule has 1 rings (SSSR count). The minimum absolute atomic E-state index is 0.189. The molecule has 1 heterocycles. The van der Waals surface area contributed by atoms with Crippen molar-refractivity contribution in [3.63, 3.8) is 0 Å². The maximum atomic E-state index is 11.0. The fourth-order valence-corrected chi connectivity index (χ4v) is 2.77. The molecule has 2 N–H and O–H groups in total. The molecule has 0 spiro atoms. The lowest BCUT2D eigenvalue weighted by molar-refractivity contribution is 0.555. The molecule has 22 heavy (non-hydrogen) atoms. The van der Waals surface area contributed by atoms with Crippen LogP contribution < -0.4 is 10.6 Å². The van der Waals surface area contributed by atoms with E-state index in [4.69, 9.17) is 0 Å². The topological polar surface area (TPSA) is 88.4 Å². The zero-order chi connectivity index (χ0) is 16.6. The van der Waals surface area contributed by atoms with Crippen LogP contribution >= 0.6 is 0 Å². The van der Waals surface area contributed by atoms with E-state index >= 15 is 0 Å². The molecule has 0 radical (unpaired) electrons. The second-order valence-electron chi connectivity index (χ2n) is 5.41. The highest BCUT2D eigenvalue weighted by Gasteiger charge is 2.03. The van der Waals surface area contributed by atoms with Crippen molar-refractivity contribution in [3.05, 3.63) is 17.5 Å². The smallest absolute Gasteiger partial charge is 0.190 e. The molecule has 0 aliphatic rings. The van der Waals surface area contributed by atoms with Crippen molar-refractivity contribution >= 4 is 15.8 Å². The van der Waals surface area contributed by atoms with Gasteiger partial charge in [0.05, 0.1) is 11.4 Å². The van der Waals surface area contributed by atoms with E-state index in [1.807, 2.05) is 11.6 Å². The first kappa shape index (κ1) is 18.5. The predicted octanol–water partition coefficient (Wildman–Crippen LogP) is 0.490. The summed E-state index contributed by atoms with van der Waals surface area (Å²) in [4.78, 5) is 4.11. The second-order valence-corrected chi connectivity index (χ2v) is 7.67. The molecule has 0 amide bonds. The highest BCUT2D eigenvalue weighted by atomic mass is 32.2. The van der Waals surface area contributed by atoms with Gasteiger partial charge in [0.1, 0.15) is 9.84 Å². The van der Waals surface area contributed by atoms with Crippen molar-refractivity contribution in [1.82, 2.24) is 20.4 Å². The first-order valence-corrected chi connectivity index (χ1v) is 9.51. The Labute approximate surface area is 133 Å². The molecule has 8 heteroatoms. The summed E-state index contributed by atoms with van der Waals surface area (Å²) >= 11 is 0. The van der Waals surface area contributed by atoms with E-state index < -0.39 is 9.84 Å². The number of nitrogens with one attached hydrogen (secondary N) is 2. The predicted molar refractivity (Wildman–Crippen MR) is 90.0 cm³/mol. The van der Waals surface area contributed by atoms with Gasteiger partial charge in [-0.2, -0.15) is 5.10 Å². The molecule has 0 aromatic carbocycles. The summed E-state index contributed by atoms with van der Waals surface area (Å²) in [7, 11) is -1.19. The van der Waals surface area contributed by atoms with Gasteiger partial charge in [-0.3, -0.25) is 9.67 Å². The second kappa shape index (κ2) is 8.77. The minimum Gasteiger partial charge on any atom is -0.356 e. The summed E-state index contributed by atoms with van der Waals surface area (Å²) in [6.07, 6.45) is 2.76. The lowest BCUT2D eigenvalue weighted by Crippen LogP contribution is -2.38. The number of rotatable bonds is 8. The summed E-state index contributed by atoms with van der Waals surface area (Å²) < 4.78 is 24.1. The third-order valence-electron chi connectivity index (χ3n) is 3.15. The van der Waals surface area contributed by atoms with E-state index in [1.54, 1.807) is 7.05 Å². The SMILES string of the molecule is CN=C(NCCCn1nc(C)cc1C)NCCCS(C)(=O)=O. The molecular formula is C14H27N5O2S. The van der Waals surface area contributed by atoms with E-state index in [0.29, 0.717) is 18.9 Å². The Morgan fingerprint density at radius 3 is 2.41 bits per heavy atom. The van der Waals surface area contributed by atoms with Gasteiger partial charge in [0.15, 0.2) is 5.96 Å². The van der Waals surface area contributed by atoms with Crippen LogP contribution in [0.5, 0.6) is 0 Å². The lowest BCUT2D eigenvalue weighted by Gasteiger charge is -2.12. The van der Waals surface area contributed by atoms with Crippen molar-refractivity contribution < 1.29 is 8.42 Å². The largest absolute Gasteiger partial charge is 0.356 e. The Bertz CT molecular complexity index is 592. The van der Waals surface area contributed by atoms with Gasteiger partial charge in [0.2, 0.25) is 0 Å². The van der Waals surface area contributed by atoms with Gasteiger partial charge in [0, 0.05) is 38.6 Å². The standard InChI is InChI=1S/C14H27N5O2S/c1-12-11-13(2)19(18-12)9-5-7-16-14(15-3)17-8-6-10-22(4,20)21/h11H,5-10H2,1-4H3,(H2,15,16,17). The van der Waals surface area contributed by atoms with Crippen molar-refractivity contribution in [3.8, 4) is 0 Å². The van der Waals surface area contributed by atoms with Crippen LogP contribution in [0.1, 0.15) is 24.2 Å². The molecule has 7 nitrogen and oxygen atoms in total. The van der Waals surface area contributed by atoms with E-state index in [1.165, 1.54) is 11.9 Å². The van der Waals surface area contributed by atoms with E-state index in [2.05, 4.69) is 33.7 Å². The number of hydrogen-bond donors (Lipinski definition) is 2. The fraction of sp³-hybridized carbons (Fsp3) is 0.714. The summed E-state index contributed by atoms with van der Waals surface area (Å²) in [5.74, 6) is 0.886. The van der Waals surface area contributed by atoms with E-state index in [0.717, 1.165) is 25.2 Å². The zero-order valence-corrected chi connectivity index (χ0v) is 14.7. The summed E-state index contributed by atoms with van der Waals surface area (Å²) in [6.45, 7) is 6.27. The van der Waals surface area contributed by atoms with Gasteiger partial charge in [-0.1, -0.05) is 0 Å². The van der Waals surface area contributed by atoms with Gasteiger partial charge < -0.3 is 10.6 Å². The molecule has 0 aliphatic heterocycles. The molecule has 1 aromatic rings. The van der Waals surface area contributed by atoms with Crippen LogP contribution in [0, 0.1) is 13.8 Å². The van der Waals surface area contributed by atoms with Gasteiger partial charge in [-0.05, 0) is 32.8 Å². The van der Waals surface area contributed by atoms with Crippen molar-refractivity contribution in [2.45, 2.75) is 33.2 Å². The third kappa shape index (κ3) is 7.44. The highest BCUT2D eigenvalue weighted by Crippen LogP contribution is 2.02. The molecule has 0 fully saturated rings. The van der Waals surface area contributed by atoms with Gasteiger partial charge >= 0.3 is 0 Å². The van der Waals surface area contributed by atoms with Gasteiger partial charge in [-0.15, -0.1) is 0 Å². The molecule has 0 saturated heterocycles. The fourth-order valence-electron chi connectivity index (χ4n) is 2.10. The van der Waals surface area contributed by atoms with Crippen molar-refractivity contribution in [2.75, 3.05) is 32.1 Å². The summed E-state index contributed by atoms with van der Waals surface area (Å²) in [5, 5.41) is 10.7. The summed E-state index contributed by atoms with van der Waals surface area (Å²) in [6, 6.07) is 2.07. The Morgan fingerprint density at radius 2 is 1.91 bits per heavy atom. The number of sulfone groups is 1. The van der Waals surface area contributed by atoms with Crippen LogP contribution in [0.4, 0.5) is 0 Å². The molecule has 1 aromatic heterocycles.